The van der Waals surface area contributed by atoms with Crippen LogP contribution >= 0.6 is 0 Å². The fraction of sp³-hybridized carbons (Fsp3) is 1.00. The Morgan fingerprint density at radius 3 is 2.48 bits per heavy atom. The number of halogens is 4. The maximum atomic E-state index is 15.4. The van der Waals surface area contributed by atoms with Crippen LogP contribution in [0.3, 0.4) is 0 Å². The topological polar surface area (TPSA) is 48.6 Å². The van der Waals surface area contributed by atoms with Crippen molar-refractivity contribution in [2.45, 2.75) is 88.2 Å². The summed E-state index contributed by atoms with van der Waals surface area (Å²) >= 11 is 0. The van der Waals surface area contributed by atoms with E-state index in [1.54, 1.807) is 0 Å². The van der Waals surface area contributed by atoms with Gasteiger partial charge in [0.2, 0.25) is 0 Å². The first kappa shape index (κ1) is 21.7. The van der Waals surface area contributed by atoms with Crippen molar-refractivity contribution in [1.29, 1.82) is 0 Å². The molecule has 168 valence electrons. The average Bonchev–Trinajstić information content (AvgIpc) is 3.39. The number of nitrogens with one attached hydrogen (secondary N) is 3. The molecule has 29 heavy (non-hydrogen) atoms. The summed E-state index contributed by atoms with van der Waals surface area (Å²) in [5, 5.41) is 9.70. The Morgan fingerprint density at radius 2 is 1.79 bits per heavy atom. The summed E-state index contributed by atoms with van der Waals surface area (Å²) in [4.78, 5) is 2.20. The predicted octanol–water partition coefficient (Wildman–Crippen LogP) is 2.73. The van der Waals surface area contributed by atoms with Crippen molar-refractivity contribution < 1.29 is 22.3 Å². The summed E-state index contributed by atoms with van der Waals surface area (Å²) in [7, 11) is 0. The molecule has 3 aliphatic heterocycles. The van der Waals surface area contributed by atoms with Crippen LogP contribution in [0.1, 0.15) is 51.4 Å². The molecule has 1 saturated carbocycles. The van der Waals surface area contributed by atoms with Gasteiger partial charge in [-0.15, -0.1) is 0 Å². The first-order valence-electron chi connectivity index (χ1n) is 11.2. The molecule has 0 aromatic carbocycles. The highest BCUT2D eigenvalue weighted by Crippen LogP contribution is 2.43. The zero-order chi connectivity index (χ0) is 20.4. The SMILES string of the molecule is FC1C(NCC2CCCO2)NCNC1N1CCC[C@@H]1C1CCC(C(F)(F)F)CC1. The molecule has 3 N–H and O–H groups in total. The highest BCUT2D eigenvalue weighted by atomic mass is 19.4. The van der Waals surface area contributed by atoms with Crippen molar-refractivity contribution in [1.82, 2.24) is 20.9 Å². The van der Waals surface area contributed by atoms with Gasteiger partial charge in [-0.3, -0.25) is 20.9 Å². The lowest BCUT2D eigenvalue weighted by Crippen LogP contribution is -2.69. The Kier molecular flexibility index (Phi) is 7.00. The fourth-order valence-electron chi connectivity index (χ4n) is 5.73. The highest BCUT2D eigenvalue weighted by molar-refractivity contribution is 4.97. The van der Waals surface area contributed by atoms with Crippen molar-refractivity contribution in [2.75, 3.05) is 26.4 Å². The van der Waals surface area contributed by atoms with Crippen molar-refractivity contribution in [3.05, 3.63) is 0 Å². The molecule has 0 bridgehead atoms. The lowest BCUT2D eigenvalue weighted by molar-refractivity contribution is -0.185. The number of alkyl halides is 4. The van der Waals surface area contributed by atoms with E-state index in [1.807, 2.05) is 0 Å². The molecular formula is C20H34F4N4O. The highest BCUT2D eigenvalue weighted by Gasteiger charge is 2.46. The Hall–Kier alpha value is -0.480. The summed E-state index contributed by atoms with van der Waals surface area (Å²) in [6, 6.07) is 0.178. The monoisotopic (exact) mass is 422 g/mol. The molecule has 0 radical (unpaired) electrons. The lowest BCUT2D eigenvalue weighted by atomic mass is 9.77. The van der Waals surface area contributed by atoms with Crippen LogP contribution in [0.25, 0.3) is 0 Å². The summed E-state index contributed by atoms with van der Waals surface area (Å²) < 4.78 is 60.0. The summed E-state index contributed by atoms with van der Waals surface area (Å²) in [6.07, 6.45) is -0.288. The molecule has 0 aromatic heterocycles. The van der Waals surface area contributed by atoms with Crippen LogP contribution in [0, 0.1) is 11.8 Å². The third-order valence-electron chi connectivity index (χ3n) is 7.32. The molecule has 5 nitrogen and oxygen atoms in total. The van der Waals surface area contributed by atoms with Crippen LogP contribution in [-0.2, 0) is 4.74 Å². The van der Waals surface area contributed by atoms with Gasteiger partial charge in [0.1, 0.15) is 0 Å². The number of likely N-dealkylation sites (tertiary alicyclic amines) is 1. The second-order valence-electron chi connectivity index (χ2n) is 9.10. The Balaban J connectivity index is 1.32. The maximum Gasteiger partial charge on any atom is 0.391 e. The number of hydrogen-bond acceptors (Lipinski definition) is 5. The molecule has 5 atom stereocenters. The summed E-state index contributed by atoms with van der Waals surface area (Å²) in [5.74, 6) is -0.927. The molecule has 0 spiro atoms. The maximum absolute atomic E-state index is 15.4. The van der Waals surface area contributed by atoms with Crippen molar-refractivity contribution in [2.24, 2.45) is 11.8 Å². The molecule has 9 heteroatoms. The van der Waals surface area contributed by atoms with Gasteiger partial charge >= 0.3 is 6.18 Å². The zero-order valence-electron chi connectivity index (χ0n) is 16.9. The van der Waals surface area contributed by atoms with E-state index < -0.39 is 30.6 Å². The van der Waals surface area contributed by atoms with Crippen LogP contribution in [0.4, 0.5) is 17.6 Å². The van der Waals surface area contributed by atoms with Gasteiger partial charge < -0.3 is 4.74 Å². The van der Waals surface area contributed by atoms with Gasteiger partial charge in [-0.05, 0) is 57.3 Å². The second kappa shape index (κ2) is 9.34. The van der Waals surface area contributed by atoms with E-state index in [4.69, 9.17) is 4.74 Å². The second-order valence-corrected chi connectivity index (χ2v) is 9.10. The minimum atomic E-state index is -4.08. The largest absolute Gasteiger partial charge is 0.391 e. The van der Waals surface area contributed by atoms with Gasteiger partial charge in [0.15, 0.2) is 6.17 Å². The Labute approximate surface area is 170 Å². The standard InChI is InChI=1S/C20H34F4N4O/c21-17-18(25-11-15-3-2-10-29-15)26-12-27-19(17)28-9-1-4-16(28)13-5-7-14(8-6-13)20(22,23)24/h13-19,25-27H,1-12H2/t13?,14?,15?,16-,17?,18?,19?/m1/s1. The van der Waals surface area contributed by atoms with E-state index in [2.05, 4.69) is 20.9 Å². The Bertz CT molecular complexity index is 523. The Morgan fingerprint density at radius 1 is 1.00 bits per heavy atom. The van der Waals surface area contributed by atoms with Crippen molar-refractivity contribution in [3.63, 3.8) is 0 Å². The van der Waals surface area contributed by atoms with Crippen LogP contribution in [0.15, 0.2) is 0 Å². The van der Waals surface area contributed by atoms with E-state index in [-0.39, 0.29) is 30.9 Å². The van der Waals surface area contributed by atoms with Gasteiger partial charge in [0.25, 0.3) is 0 Å². The van der Waals surface area contributed by atoms with Crippen LogP contribution < -0.4 is 16.0 Å². The normalized spacial score (nSPS) is 42.4. The first-order chi connectivity index (χ1) is 13.9. The van der Waals surface area contributed by atoms with E-state index in [1.165, 1.54) is 0 Å². The van der Waals surface area contributed by atoms with Crippen LogP contribution in [0.5, 0.6) is 0 Å². The number of rotatable bonds is 5. The number of hydrogen-bond donors (Lipinski definition) is 3. The molecule has 3 saturated heterocycles. The quantitative estimate of drug-likeness (QED) is 0.595. The third kappa shape index (κ3) is 5.06. The summed E-state index contributed by atoms with van der Waals surface area (Å²) in [5.41, 5.74) is 0. The fourth-order valence-corrected chi connectivity index (χ4v) is 5.73. The molecule has 4 fully saturated rings. The minimum Gasteiger partial charge on any atom is -0.377 e. The third-order valence-corrected chi connectivity index (χ3v) is 7.32. The number of nitrogens with zero attached hydrogens (tertiary/aromatic N) is 1. The molecule has 0 aromatic rings. The number of ether oxygens (including phenoxy) is 1. The zero-order valence-corrected chi connectivity index (χ0v) is 16.9. The average molecular weight is 423 g/mol. The predicted molar refractivity (Wildman–Crippen MR) is 102 cm³/mol. The van der Waals surface area contributed by atoms with Gasteiger partial charge in [-0.25, -0.2) is 4.39 Å². The van der Waals surface area contributed by atoms with Crippen molar-refractivity contribution >= 4 is 0 Å². The molecular weight excluding hydrogens is 388 g/mol. The van der Waals surface area contributed by atoms with Crippen LogP contribution in [-0.4, -0.2) is 68.1 Å². The lowest BCUT2D eigenvalue weighted by Gasteiger charge is -2.45. The van der Waals surface area contributed by atoms with E-state index in [9.17, 15) is 13.2 Å². The van der Waals surface area contributed by atoms with Gasteiger partial charge in [-0.1, -0.05) is 0 Å². The molecule has 1 aliphatic carbocycles. The summed E-state index contributed by atoms with van der Waals surface area (Å²) in [6.45, 7) is 2.73. The smallest absolute Gasteiger partial charge is 0.377 e. The van der Waals surface area contributed by atoms with E-state index in [0.29, 0.717) is 26.1 Å². The molecule has 0 amide bonds. The molecule has 4 rings (SSSR count). The van der Waals surface area contributed by atoms with E-state index >= 15 is 4.39 Å². The minimum absolute atomic E-state index is 0.153. The molecule has 3 heterocycles. The van der Waals surface area contributed by atoms with Gasteiger partial charge in [-0.2, -0.15) is 13.2 Å². The van der Waals surface area contributed by atoms with Gasteiger partial charge in [0.05, 0.1) is 24.4 Å². The van der Waals surface area contributed by atoms with Gasteiger partial charge in [0, 0.05) is 32.4 Å². The molecule has 4 aliphatic rings. The molecule has 4 unspecified atom stereocenters. The van der Waals surface area contributed by atoms with Crippen molar-refractivity contribution in [3.8, 4) is 0 Å². The van der Waals surface area contributed by atoms with Crippen LogP contribution in [0.2, 0.25) is 0 Å². The van der Waals surface area contributed by atoms with E-state index in [0.717, 1.165) is 38.8 Å². The first-order valence-corrected chi connectivity index (χ1v) is 11.2.